The van der Waals surface area contributed by atoms with Gasteiger partial charge in [-0.05, 0) is 37.3 Å². The Morgan fingerprint density at radius 2 is 1.85 bits per heavy atom. The zero-order chi connectivity index (χ0) is 14.8. The highest BCUT2D eigenvalue weighted by Crippen LogP contribution is 2.39. The molecule has 1 saturated heterocycles. The number of rotatable bonds is 4. The first-order chi connectivity index (χ1) is 9.51. The third-order valence-electron chi connectivity index (χ3n) is 5.05. The number of carbonyl (C=O) groups is 1. The zero-order valence-electron chi connectivity index (χ0n) is 12.8. The normalized spacial score (nSPS) is 18.1. The molecule has 110 valence electrons. The van der Waals surface area contributed by atoms with E-state index in [1.165, 1.54) is 32.6 Å². The van der Waals surface area contributed by atoms with E-state index in [9.17, 15) is 9.90 Å². The summed E-state index contributed by atoms with van der Waals surface area (Å²) in [6.45, 7) is 8.10. The van der Waals surface area contributed by atoms with Crippen LogP contribution >= 0.6 is 0 Å². The maximum Gasteiger partial charge on any atom is 0.163 e. The molecular weight excluding hydrogens is 250 g/mol. The molecule has 3 heteroatoms. The van der Waals surface area contributed by atoms with Crippen molar-refractivity contribution < 1.29 is 9.90 Å². The van der Waals surface area contributed by atoms with Gasteiger partial charge < -0.3 is 10.0 Å². The summed E-state index contributed by atoms with van der Waals surface area (Å²) < 4.78 is 0. The van der Waals surface area contributed by atoms with Crippen LogP contribution in [-0.4, -0.2) is 24.0 Å². The molecule has 0 spiro atoms. The van der Waals surface area contributed by atoms with Gasteiger partial charge in [0.05, 0.1) is 5.56 Å². The molecule has 1 aromatic carbocycles. The Labute approximate surface area is 121 Å². The minimum atomic E-state index is -0.0938. The second-order valence-corrected chi connectivity index (χ2v) is 5.95. The van der Waals surface area contributed by atoms with Crippen molar-refractivity contribution in [2.24, 2.45) is 5.41 Å². The number of phenols is 1. The van der Waals surface area contributed by atoms with E-state index >= 15 is 0 Å². The Kier molecular flexibility index (Phi) is 4.36. The van der Waals surface area contributed by atoms with Crippen molar-refractivity contribution in [1.82, 2.24) is 0 Å². The van der Waals surface area contributed by atoms with Gasteiger partial charge in [-0.3, -0.25) is 4.79 Å². The Hall–Kier alpha value is -1.51. The maximum atomic E-state index is 11.3. The van der Waals surface area contributed by atoms with Crippen LogP contribution in [0.3, 0.4) is 0 Å². The smallest absolute Gasteiger partial charge is 0.163 e. The van der Waals surface area contributed by atoms with E-state index in [0.29, 0.717) is 11.0 Å². The molecule has 0 unspecified atom stereocenters. The third-order valence-corrected chi connectivity index (χ3v) is 5.05. The topological polar surface area (TPSA) is 40.5 Å². The van der Waals surface area contributed by atoms with Crippen LogP contribution in [0.2, 0.25) is 0 Å². The number of nitrogens with zero attached hydrogens (tertiary/aromatic N) is 1. The van der Waals surface area contributed by atoms with Crippen LogP contribution in [0, 0.1) is 5.41 Å². The fraction of sp³-hybridized carbons (Fsp3) is 0.588. The molecule has 0 bridgehead atoms. The summed E-state index contributed by atoms with van der Waals surface area (Å²) in [6, 6.07) is 5.40. The minimum Gasteiger partial charge on any atom is -0.507 e. The monoisotopic (exact) mass is 275 g/mol. The highest BCUT2D eigenvalue weighted by molar-refractivity contribution is 5.97. The standard InChI is InChI=1S/C17H25NO2/c1-4-17(5-2)8-10-18(11-9-17)14-6-7-15(13(3)19)16(20)12-14/h6-7,12,20H,4-5,8-11H2,1-3H3. The van der Waals surface area contributed by atoms with Crippen molar-refractivity contribution in [3.63, 3.8) is 0 Å². The molecule has 1 aliphatic heterocycles. The van der Waals surface area contributed by atoms with Crippen molar-refractivity contribution >= 4 is 11.5 Å². The molecule has 0 atom stereocenters. The van der Waals surface area contributed by atoms with Crippen LogP contribution in [0.1, 0.15) is 56.8 Å². The van der Waals surface area contributed by atoms with Crippen LogP contribution in [0.15, 0.2) is 18.2 Å². The third kappa shape index (κ3) is 2.82. The molecule has 0 aromatic heterocycles. The molecule has 1 fully saturated rings. The Bertz CT molecular complexity index is 482. The van der Waals surface area contributed by atoms with Crippen LogP contribution in [-0.2, 0) is 0 Å². The number of phenolic OH excluding ortho intramolecular Hbond substituents is 1. The lowest BCUT2D eigenvalue weighted by Crippen LogP contribution is -2.39. The number of piperidine rings is 1. The maximum absolute atomic E-state index is 11.3. The van der Waals surface area contributed by atoms with Crippen LogP contribution in [0.4, 0.5) is 5.69 Å². The van der Waals surface area contributed by atoms with Gasteiger partial charge in [0, 0.05) is 24.8 Å². The summed E-state index contributed by atoms with van der Waals surface area (Å²) in [7, 11) is 0. The fourth-order valence-electron chi connectivity index (χ4n) is 3.21. The molecule has 3 nitrogen and oxygen atoms in total. The van der Waals surface area contributed by atoms with Gasteiger partial charge in [0.2, 0.25) is 0 Å². The van der Waals surface area contributed by atoms with Gasteiger partial charge in [0.1, 0.15) is 5.75 Å². The summed E-state index contributed by atoms with van der Waals surface area (Å²) in [5.41, 5.74) is 1.92. The summed E-state index contributed by atoms with van der Waals surface area (Å²) in [5, 5.41) is 9.94. The van der Waals surface area contributed by atoms with Gasteiger partial charge >= 0.3 is 0 Å². The second-order valence-electron chi connectivity index (χ2n) is 5.95. The summed E-state index contributed by atoms with van der Waals surface area (Å²) >= 11 is 0. The van der Waals surface area contributed by atoms with Crippen LogP contribution in [0.5, 0.6) is 5.75 Å². The molecule has 2 rings (SSSR count). The first kappa shape index (κ1) is 14.9. The van der Waals surface area contributed by atoms with E-state index in [1.54, 1.807) is 12.1 Å². The number of benzene rings is 1. The first-order valence-corrected chi connectivity index (χ1v) is 7.60. The average Bonchev–Trinajstić information content (AvgIpc) is 2.47. The molecular formula is C17H25NO2. The lowest BCUT2D eigenvalue weighted by atomic mass is 9.74. The molecule has 1 aromatic rings. The van der Waals surface area contributed by atoms with Gasteiger partial charge in [-0.2, -0.15) is 0 Å². The highest BCUT2D eigenvalue weighted by Gasteiger charge is 2.31. The lowest BCUT2D eigenvalue weighted by Gasteiger charge is -2.42. The predicted octanol–water partition coefficient (Wildman–Crippen LogP) is 4.00. The quantitative estimate of drug-likeness (QED) is 0.844. The number of aromatic hydroxyl groups is 1. The molecule has 1 aliphatic rings. The highest BCUT2D eigenvalue weighted by atomic mass is 16.3. The van der Waals surface area contributed by atoms with Gasteiger partial charge in [-0.15, -0.1) is 0 Å². The number of Topliss-reactive ketones (excluding diaryl/α,β-unsaturated/α-hetero) is 1. The summed E-state index contributed by atoms with van der Waals surface area (Å²) in [6.07, 6.45) is 4.89. The van der Waals surface area contributed by atoms with E-state index in [2.05, 4.69) is 18.7 Å². The van der Waals surface area contributed by atoms with Crippen LogP contribution < -0.4 is 4.90 Å². The predicted molar refractivity (Wildman–Crippen MR) is 82.6 cm³/mol. The largest absolute Gasteiger partial charge is 0.507 e. The molecule has 0 aliphatic carbocycles. The van der Waals surface area contributed by atoms with Crippen LogP contribution in [0.25, 0.3) is 0 Å². The number of anilines is 1. The number of carbonyl (C=O) groups excluding carboxylic acids is 1. The van der Waals surface area contributed by atoms with Crippen molar-refractivity contribution in [3.8, 4) is 5.75 Å². The fourth-order valence-corrected chi connectivity index (χ4v) is 3.21. The van der Waals surface area contributed by atoms with E-state index < -0.39 is 0 Å². The SMILES string of the molecule is CCC1(CC)CCN(c2ccc(C(C)=O)c(O)c2)CC1. The van der Waals surface area contributed by atoms with Gasteiger partial charge in [-0.1, -0.05) is 26.7 Å². The zero-order valence-corrected chi connectivity index (χ0v) is 12.8. The van der Waals surface area contributed by atoms with Gasteiger partial charge in [-0.25, -0.2) is 0 Å². The average molecular weight is 275 g/mol. The molecule has 1 N–H and O–H groups in total. The molecule has 0 saturated carbocycles. The molecule has 0 amide bonds. The summed E-state index contributed by atoms with van der Waals surface area (Å²) in [4.78, 5) is 13.7. The van der Waals surface area contributed by atoms with Gasteiger partial charge in [0.25, 0.3) is 0 Å². The van der Waals surface area contributed by atoms with Crippen molar-refractivity contribution in [3.05, 3.63) is 23.8 Å². The van der Waals surface area contributed by atoms with E-state index in [1.807, 2.05) is 6.07 Å². The minimum absolute atomic E-state index is 0.0938. The molecule has 20 heavy (non-hydrogen) atoms. The van der Waals surface area contributed by atoms with Crippen molar-refractivity contribution in [2.45, 2.75) is 46.5 Å². The van der Waals surface area contributed by atoms with Crippen molar-refractivity contribution in [2.75, 3.05) is 18.0 Å². The Balaban J connectivity index is 2.11. The number of hydrogen-bond donors (Lipinski definition) is 1. The Morgan fingerprint density at radius 1 is 1.25 bits per heavy atom. The lowest BCUT2D eigenvalue weighted by molar-refractivity contribution is 0.101. The Morgan fingerprint density at radius 3 is 2.30 bits per heavy atom. The summed E-state index contributed by atoms with van der Waals surface area (Å²) in [5.74, 6) is 0.00139. The number of hydrogen-bond acceptors (Lipinski definition) is 3. The van der Waals surface area contributed by atoms with E-state index in [4.69, 9.17) is 0 Å². The van der Waals surface area contributed by atoms with E-state index in [0.717, 1.165) is 18.8 Å². The van der Waals surface area contributed by atoms with Gasteiger partial charge in [0.15, 0.2) is 5.78 Å². The molecule has 1 heterocycles. The first-order valence-electron chi connectivity index (χ1n) is 7.60. The van der Waals surface area contributed by atoms with E-state index in [-0.39, 0.29) is 11.5 Å². The van der Waals surface area contributed by atoms with Crippen molar-refractivity contribution in [1.29, 1.82) is 0 Å². The molecule has 0 radical (unpaired) electrons. The second kappa shape index (κ2) is 5.86. The number of ketones is 1.